The van der Waals surface area contributed by atoms with Gasteiger partial charge in [-0.25, -0.2) is 4.79 Å². The molecule has 4 rings (SSSR count). The van der Waals surface area contributed by atoms with Crippen LogP contribution in [0, 0.1) is 0 Å². The van der Waals surface area contributed by atoms with E-state index in [2.05, 4.69) is 57.8 Å². The van der Waals surface area contributed by atoms with Crippen LogP contribution in [0.4, 0.5) is 4.79 Å². The molecule has 1 aliphatic rings. The number of aliphatic imine (C=N–C) groups is 1. The molecule has 1 aliphatic heterocycles. The predicted molar refractivity (Wildman–Crippen MR) is 274 cm³/mol. The number of guanidine groups is 1. The number of aromatic amines is 1. The van der Waals surface area contributed by atoms with E-state index < -0.39 is 101 Å². The van der Waals surface area contributed by atoms with Gasteiger partial charge in [0, 0.05) is 62.9 Å². The van der Waals surface area contributed by atoms with Crippen molar-refractivity contribution < 1.29 is 47.9 Å². The van der Waals surface area contributed by atoms with Crippen LogP contribution in [0.25, 0.3) is 10.9 Å². The number of nitrogens with two attached hydrogens (primary N) is 4. The Balaban J connectivity index is 1.76. The monoisotopic (exact) mass is 1030 g/mol. The standard InChI is InChI=1S/C49H71N15O10/c1-3-4-15-33(58-28(2)65)42(68)61-36-19-20-40(66)54-24-21-37(46(72)63-38(41(50)67)26-30-27-57-32-16-9-8-14-31(30)32)62-43(69)34(17-10-22-55-48(51)52)60-47(73)39(25-29-12-6-5-7-13-29)64-44(70)35(59-45(36)71)18-11-23-56-49(53)74/h5-9,12-14,16,27,33-39,57H,3-4,10-11,15,17-26H2,1-2H3,(H2,50,67)(H,54,66)(H,58,65)(H,59,71)(H,60,73)(H,61,68)(H,62,69)(H,63,72)(H,64,70)(H4,51,52,55)(H3,53,56,74)/t33-,34-,35-,36-,37-,38-,39?/m0/s1. The van der Waals surface area contributed by atoms with Crippen LogP contribution in [0.15, 0.2) is 65.8 Å². The Morgan fingerprint density at radius 3 is 2.07 bits per heavy atom. The molecular formula is C49H71N15O10. The number of carbonyl (C=O) groups is 10. The fraction of sp³-hybridized carbons (Fsp3) is 0.490. The van der Waals surface area contributed by atoms with Crippen LogP contribution >= 0.6 is 0 Å². The number of rotatable bonds is 21. The second-order valence-corrected chi connectivity index (χ2v) is 18.0. The van der Waals surface area contributed by atoms with Crippen molar-refractivity contribution >= 4 is 76.1 Å². The highest BCUT2D eigenvalue weighted by Gasteiger charge is 2.35. The molecule has 1 unspecified atom stereocenters. The summed E-state index contributed by atoms with van der Waals surface area (Å²) in [5.74, 6) is -7.27. The number of para-hydroxylation sites is 1. The molecule has 74 heavy (non-hydrogen) atoms. The molecule has 402 valence electrons. The summed E-state index contributed by atoms with van der Waals surface area (Å²) in [5, 5.41) is 24.5. The summed E-state index contributed by atoms with van der Waals surface area (Å²) in [4.78, 5) is 143. The summed E-state index contributed by atoms with van der Waals surface area (Å²) in [6, 6.07) is 5.62. The molecule has 25 heteroatoms. The highest BCUT2D eigenvalue weighted by Crippen LogP contribution is 2.19. The van der Waals surface area contributed by atoms with Gasteiger partial charge in [0.1, 0.15) is 42.3 Å². The third-order valence-corrected chi connectivity index (χ3v) is 12.1. The van der Waals surface area contributed by atoms with E-state index in [1.807, 2.05) is 31.2 Å². The Hall–Kier alpha value is -8.25. The maximum Gasteiger partial charge on any atom is 0.312 e. The molecule has 3 aromatic rings. The normalized spacial score (nSPS) is 20.0. The number of fused-ring (bicyclic) bond motifs is 1. The van der Waals surface area contributed by atoms with Crippen molar-refractivity contribution in [3.63, 3.8) is 0 Å². The van der Waals surface area contributed by atoms with Gasteiger partial charge in [-0.1, -0.05) is 68.3 Å². The lowest BCUT2D eigenvalue weighted by Crippen LogP contribution is -2.60. The number of hydrogen-bond acceptors (Lipinski definition) is 11. The lowest BCUT2D eigenvalue weighted by Gasteiger charge is -2.28. The molecule has 7 atom stereocenters. The van der Waals surface area contributed by atoms with Crippen molar-refractivity contribution in [1.29, 1.82) is 0 Å². The Morgan fingerprint density at radius 2 is 1.39 bits per heavy atom. The van der Waals surface area contributed by atoms with Gasteiger partial charge < -0.3 is 75.8 Å². The molecule has 0 bridgehead atoms. The highest BCUT2D eigenvalue weighted by atomic mass is 16.2. The van der Waals surface area contributed by atoms with E-state index in [0.29, 0.717) is 24.0 Å². The number of benzene rings is 2. The molecule has 25 nitrogen and oxygen atoms in total. The molecule has 2 heterocycles. The van der Waals surface area contributed by atoms with Crippen molar-refractivity contribution in [2.75, 3.05) is 19.6 Å². The average molecular weight is 1030 g/mol. The third kappa shape index (κ3) is 19.7. The Bertz CT molecular complexity index is 2460. The SMILES string of the molecule is CCCC[C@H](NC(C)=O)C(=O)N[C@H]1CCC(=O)NCC[C@@H](C(=O)N[C@@H](Cc2c[nH]c3ccccc23)C(N)=O)NC(=O)[C@H](CCCN=C(N)N)NC(=O)C(Cc2ccccc2)NC(=O)[C@H](CCCNC(N)=O)NC1=O. The van der Waals surface area contributed by atoms with Crippen molar-refractivity contribution in [3.8, 4) is 0 Å². The minimum atomic E-state index is -1.46. The molecule has 18 N–H and O–H groups in total. The number of aromatic nitrogens is 1. The molecule has 0 spiro atoms. The number of hydrogen-bond donors (Lipinski definition) is 14. The van der Waals surface area contributed by atoms with Gasteiger partial charge >= 0.3 is 6.03 Å². The summed E-state index contributed by atoms with van der Waals surface area (Å²) in [5.41, 5.74) is 24.2. The number of nitrogens with zero attached hydrogens (tertiary/aromatic N) is 1. The smallest absolute Gasteiger partial charge is 0.312 e. The Kier molecular flexibility index (Phi) is 23.6. The number of carbonyl (C=O) groups excluding carboxylic acids is 10. The first-order chi connectivity index (χ1) is 35.3. The topological polar surface area (TPSA) is 411 Å². The second-order valence-electron chi connectivity index (χ2n) is 18.0. The lowest BCUT2D eigenvalue weighted by atomic mass is 10.0. The minimum Gasteiger partial charge on any atom is -0.370 e. The summed E-state index contributed by atoms with van der Waals surface area (Å²) in [6.07, 6.45) is 2.05. The number of amides is 11. The molecule has 1 saturated heterocycles. The van der Waals surface area contributed by atoms with Gasteiger partial charge in [-0.3, -0.25) is 48.1 Å². The van der Waals surface area contributed by atoms with E-state index in [9.17, 15) is 47.9 Å². The van der Waals surface area contributed by atoms with Gasteiger partial charge in [-0.15, -0.1) is 0 Å². The zero-order chi connectivity index (χ0) is 54.2. The summed E-state index contributed by atoms with van der Waals surface area (Å²) >= 11 is 0. The molecule has 2 aromatic carbocycles. The fourth-order valence-corrected chi connectivity index (χ4v) is 8.17. The van der Waals surface area contributed by atoms with Gasteiger partial charge in [-0.2, -0.15) is 0 Å². The van der Waals surface area contributed by atoms with Crippen LogP contribution in [0.3, 0.4) is 0 Å². The van der Waals surface area contributed by atoms with Crippen LogP contribution in [0.1, 0.15) is 89.2 Å². The van der Waals surface area contributed by atoms with E-state index in [-0.39, 0.29) is 89.8 Å². The first-order valence-electron chi connectivity index (χ1n) is 24.7. The lowest BCUT2D eigenvalue weighted by molar-refractivity contribution is -0.136. The average Bonchev–Trinajstić information content (AvgIpc) is 3.76. The molecule has 11 amide bonds. The second kappa shape index (κ2) is 29.9. The summed E-state index contributed by atoms with van der Waals surface area (Å²) < 4.78 is 0. The third-order valence-electron chi connectivity index (χ3n) is 12.1. The highest BCUT2D eigenvalue weighted by molar-refractivity contribution is 5.98. The van der Waals surface area contributed by atoms with Crippen LogP contribution < -0.4 is 70.8 Å². The van der Waals surface area contributed by atoms with Crippen LogP contribution in [-0.2, 0) is 56.0 Å². The minimum absolute atomic E-state index is 0.0119. The van der Waals surface area contributed by atoms with Crippen molar-refractivity contribution in [1.82, 2.24) is 52.8 Å². The fourth-order valence-electron chi connectivity index (χ4n) is 8.17. The Labute approximate surface area is 428 Å². The summed E-state index contributed by atoms with van der Waals surface area (Å²) in [6.45, 7) is 2.91. The van der Waals surface area contributed by atoms with Gasteiger partial charge in [0.2, 0.25) is 53.2 Å². The largest absolute Gasteiger partial charge is 0.370 e. The van der Waals surface area contributed by atoms with Gasteiger partial charge in [0.25, 0.3) is 0 Å². The Morgan fingerprint density at radius 1 is 0.743 bits per heavy atom. The molecule has 0 radical (unpaired) electrons. The zero-order valence-electron chi connectivity index (χ0n) is 41.8. The molecule has 1 aromatic heterocycles. The number of urea groups is 1. The van der Waals surface area contributed by atoms with E-state index in [1.165, 1.54) is 6.92 Å². The molecule has 1 fully saturated rings. The number of H-pyrrole nitrogens is 1. The summed E-state index contributed by atoms with van der Waals surface area (Å²) in [7, 11) is 0. The van der Waals surface area contributed by atoms with Crippen LogP contribution in [0.5, 0.6) is 0 Å². The van der Waals surface area contributed by atoms with E-state index in [1.54, 1.807) is 36.5 Å². The van der Waals surface area contributed by atoms with Crippen molar-refractivity contribution in [2.24, 2.45) is 27.9 Å². The van der Waals surface area contributed by atoms with E-state index >= 15 is 0 Å². The van der Waals surface area contributed by atoms with Gasteiger partial charge in [0.05, 0.1) is 0 Å². The van der Waals surface area contributed by atoms with Gasteiger partial charge in [0.15, 0.2) is 5.96 Å². The van der Waals surface area contributed by atoms with E-state index in [0.717, 1.165) is 10.9 Å². The van der Waals surface area contributed by atoms with Gasteiger partial charge in [-0.05, 0) is 62.1 Å². The van der Waals surface area contributed by atoms with Crippen LogP contribution in [0.2, 0.25) is 0 Å². The van der Waals surface area contributed by atoms with Crippen LogP contribution in [-0.4, -0.2) is 132 Å². The quantitative estimate of drug-likeness (QED) is 0.0309. The first kappa shape index (κ1) is 58.3. The maximum atomic E-state index is 14.5. The molecule has 0 aliphatic carbocycles. The maximum absolute atomic E-state index is 14.5. The van der Waals surface area contributed by atoms with Crippen molar-refractivity contribution in [2.45, 2.75) is 133 Å². The number of primary amides is 2. The number of unbranched alkanes of at least 4 members (excludes halogenated alkanes) is 1. The predicted octanol–water partition coefficient (Wildman–Crippen LogP) is -2.16. The van der Waals surface area contributed by atoms with Crippen molar-refractivity contribution in [3.05, 3.63) is 71.9 Å². The number of nitrogens with one attached hydrogen (secondary N) is 10. The molecular weight excluding hydrogens is 959 g/mol. The van der Waals surface area contributed by atoms with E-state index in [4.69, 9.17) is 22.9 Å². The molecule has 0 saturated carbocycles. The zero-order valence-corrected chi connectivity index (χ0v) is 41.8. The first-order valence-corrected chi connectivity index (χ1v) is 24.7.